The van der Waals surface area contributed by atoms with E-state index in [4.69, 9.17) is 0 Å². The van der Waals surface area contributed by atoms with Crippen LogP contribution in [-0.4, -0.2) is 0 Å². The number of allylic oxidation sites excluding steroid dienone is 3. The number of thioether (sulfide) groups is 1. The van der Waals surface area contributed by atoms with Crippen LogP contribution in [0.25, 0.3) is 0 Å². The number of hydrogen-bond donors (Lipinski definition) is 0. The molecule has 0 saturated carbocycles. The molecular weight excluding hydrogens is 248 g/mol. The highest BCUT2D eigenvalue weighted by Crippen LogP contribution is 2.41. The van der Waals surface area contributed by atoms with Gasteiger partial charge in [-0.2, -0.15) is 0 Å². The van der Waals surface area contributed by atoms with Crippen LogP contribution in [0.15, 0.2) is 57.4 Å². The lowest BCUT2D eigenvalue weighted by Crippen LogP contribution is -2.11. The fraction of sp³-hybridized carbons (Fsp3) is 0.444. The minimum atomic E-state index is 0.642. The molecule has 0 amide bonds. The van der Waals surface area contributed by atoms with Gasteiger partial charge in [0.05, 0.1) is 0 Å². The predicted octanol–water partition coefficient (Wildman–Crippen LogP) is 6.07. The Labute approximate surface area is 122 Å². The van der Waals surface area contributed by atoms with Gasteiger partial charge in [-0.15, -0.1) is 0 Å². The Kier molecular flexibility index (Phi) is 4.93. The Bertz CT molecular complexity index is 480. The third kappa shape index (κ3) is 3.54. The summed E-state index contributed by atoms with van der Waals surface area (Å²) in [6.45, 7) is 9.27. The summed E-state index contributed by atoms with van der Waals surface area (Å²) in [5.41, 5.74) is 3.22. The molecule has 0 nitrogen and oxygen atoms in total. The van der Waals surface area contributed by atoms with Gasteiger partial charge >= 0.3 is 0 Å². The molecule has 0 aromatic heterocycles. The third-order valence-electron chi connectivity index (χ3n) is 3.87. The molecule has 1 aliphatic rings. The van der Waals surface area contributed by atoms with E-state index in [0.717, 1.165) is 0 Å². The average Bonchev–Trinajstić information content (AvgIpc) is 2.41. The summed E-state index contributed by atoms with van der Waals surface area (Å²) < 4.78 is 0. The molecule has 102 valence electrons. The second kappa shape index (κ2) is 6.47. The van der Waals surface area contributed by atoms with Crippen LogP contribution in [0.5, 0.6) is 0 Å². The van der Waals surface area contributed by atoms with Crippen molar-refractivity contribution in [1.29, 1.82) is 0 Å². The van der Waals surface area contributed by atoms with E-state index in [2.05, 4.69) is 64.1 Å². The quantitative estimate of drug-likeness (QED) is 0.641. The zero-order valence-electron chi connectivity index (χ0n) is 12.4. The molecule has 0 spiro atoms. The topological polar surface area (TPSA) is 0 Å². The maximum Gasteiger partial charge on any atom is 0.0122 e. The van der Waals surface area contributed by atoms with Crippen molar-refractivity contribution < 1.29 is 0 Å². The monoisotopic (exact) mass is 272 g/mol. The van der Waals surface area contributed by atoms with Crippen molar-refractivity contribution >= 4 is 11.8 Å². The molecule has 0 radical (unpaired) electrons. The van der Waals surface area contributed by atoms with E-state index in [1.807, 2.05) is 11.8 Å². The Morgan fingerprint density at radius 1 is 1.21 bits per heavy atom. The number of hydrogen-bond acceptors (Lipinski definition) is 1. The first kappa shape index (κ1) is 14.5. The lowest BCUT2D eigenvalue weighted by molar-refractivity contribution is 0.582. The summed E-state index contributed by atoms with van der Waals surface area (Å²) in [7, 11) is 0. The molecule has 0 fully saturated rings. The fourth-order valence-corrected chi connectivity index (χ4v) is 3.85. The summed E-state index contributed by atoms with van der Waals surface area (Å²) in [5.74, 6) is 1.35. The first-order chi connectivity index (χ1) is 9.11. The van der Waals surface area contributed by atoms with Crippen LogP contribution < -0.4 is 0 Å². The van der Waals surface area contributed by atoms with Crippen LogP contribution in [0.4, 0.5) is 0 Å². The lowest BCUT2D eigenvalue weighted by Gasteiger charge is -2.27. The molecule has 2 rings (SSSR count). The van der Waals surface area contributed by atoms with Crippen LogP contribution >= 0.6 is 11.8 Å². The summed E-state index contributed by atoms with van der Waals surface area (Å²) in [4.78, 5) is 2.83. The van der Waals surface area contributed by atoms with Gasteiger partial charge in [0, 0.05) is 9.80 Å². The summed E-state index contributed by atoms with van der Waals surface area (Å²) in [5, 5.41) is 0. The Morgan fingerprint density at radius 2 is 1.89 bits per heavy atom. The maximum absolute atomic E-state index is 2.45. The Hall–Kier alpha value is -0.950. The molecule has 0 saturated heterocycles. The highest BCUT2D eigenvalue weighted by molar-refractivity contribution is 8.03. The van der Waals surface area contributed by atoms with Gasteiger partial charge in [-0.3, -0.25) is 0 Å². The van der Waals surface area contributed by atoms with Gasteiger partial charge in [-0.1, -0.05) is 68.8 Å². The Morgan fingerprint density at radius 3 is 2.47 bits per heavy atom. The van der Waals surface area contributed by atoms with E-state index in [1.165, 1.54) is 22.6 Å². The minimum absolute atomic E-state index is 0.642. The summed E-state index contributed by atoms with van der Waals surface area (Å²) >= 11 is 1.93. The largest absolute Gasteiger partial charge is 0.0901 e. The highest BCUT2D eigenvalue weighted by atomic mass is 32.2. The molecule has 1 heteroatoms. The molecule has 0 heterocycles. The van der Waals surface area contributed by atoms with Crippen molar-refractivity contribution in [2.24, 2.45) is 11.8 Å². The molecule has 0 N–H and O–H groups in total. The smallest absolute Gasteiger partial charge is 0.0122 e. The third-order valence-corrected chi connectivity index (χ3v) is 4.98. The zero-order chi connectivity index (χ0) is 13.8. The van der Waals surface area contributed by atoms with Crippen molar-refractivity contribution in [3.63, 3.8) is 0 Å². The molecular formula is C18H24S. The van der Waals surface area contributed by atoms with Gasteiger partial charge in [-0.25, -0.2) is 0 Å². The standard InChI is InChI=1S/C18H24S/c1-5-15-12-18(17(13(2)3)11-14(15)4)19-16-9-7-6-8-10-16/h6-10,12-14H,5,11H2,1-4H3. The van der Waals surface area contributed by atoms with E-state index in [1.54, 1.807) is 11.1 Å². The minimum Gasteiger partial charge on any atom is -0.0901 e. The van der Waals surface area contributed by atoms with Crippen molar-refractivity contribution in [3.05, 3.63) is 52.5 Å². The average molecular weight is 272 g/mol. The van der Waals surface area contributed by atoms with Gasteiger partial charge in [0.25, 0.3) is 0 Å². The maximum atomic E-state index is 2.45. The van der Waals surface area contributed by atoms with E-state index >= 15 is 0 Å². The summed E-state index contributed by atoms with van der Waals surface area (Å²) in [6.07, 6.45) is 4.85. The molecule has 0 bridgehead atoms. The van der Waals surface area contributed by atoms with E-state index in [9.17, 15) is 0 Å². The van der Waals surface area contributed by atoms with Crippen molar-refractivity contribution in [2.75, 3.05) is 0 Å². The molecule has 1 unspecified atom stereocenters. The molecule has 1 aromatic carbocycles. The molecule has 1 aliphatic carbocycles. The SMILES string of the molecule is CCC1=CC(Sc2ccccc2)=C(C(C)C)CC1C. The molecule has 1 aromatic rings. The number of benzene rings is 1. The predicted molar refractivity (Wildman–Crippen MR) is 86.3 cm³/mol. The highest BCUT2D eigenvalue weighted by Gasteiger charge is 2.21. The van der Waals surface area contributed by atoms with Crippen LogP contribution in [0.1, 0.15) is 40.5 Å². The van der Waals surface area contributed by atoms with E-state index < -0.39 is 0 Å². The molecule has 0 aliphatic heterocycles. The van der Waals surface area contributed by atoms with Crippen molar-refractivity contribution in [1.82, 2.24) is 0 Å². The van der Waals surface area contributed by atoms with Crippen molar-refractivity contribution in [3.8, 4) is 0 Å². The second-order valence-corrected chi connectivity index (χ2v) is 6.75. The van der Waals surface area contributed by atoms with Gasteiger partial charge in [0.15, 0.2) is 0 Å². The van der Waals surface area contributed by atoms with Crippen LogP contribution in [0.2, 0.25) is 0 Å². The van der Waals surface area contributed by atoms with Crippen LogP contribution in [0.3, 0.4) is 0 Å². The Balaban J connectivity index is 2.32. The fourth-order valence-electron chi connectivity index (χ4n) is 2.65. The molecule has 1 atom stereocenters. The van der Waals surface area contributed by atoms with Gasteiger partial charge < -0.3 is 0 Å². The normalized spacial score (nSPS) is 19.8. The molecule has 19 heavy (non-hydrogen) atoms. The summed E-state index contributed by atoms with van der Waals surface area (Å²) in [6, 6.07) is 10.7. The van der Waals surface area contributed by atoms with Crippen LogP contribution in [0, 0.1) is 11.8 Å². The first-order valence-corrected chi connectivity index (χ1v) is 8.09. The lowest BCUT2D eigenvalue weighted by atomic mass is 9.83. The van der Waals surface area contributed by atoms with Gasteiger partial charge in [0.2, 0.25) is 0 Å². The van der Waals surface area contributed by atoms with Crippen LogP contribution in [-0.2, 0) is 0 Å². The second-order valence-electron chi connectivity index (χ2n) is 5.64. The van der Waals surface area contributed by atoms with Crippen molar-refractivity contribution in [2.45, 2.75) is 45.4 Å². The van der Waals surface area contributed by atoms with Gasteiger partial charge in [0.1, 0.15) is 0 Å². The number of rotatable bonds is 4. The first-order valence-electron chi connectivity index (χ1n) is 7.28. The zero-order valence-corrected chi connectivity index (χ0v) is 13.3. The van der Waals surface area contributed by atoms with E-state index in [-0.39, 0.29) is 0 Å². The van der Waals surface area contributed by atoms with Gasteiger partial charge in [-0.05, 0) is 42.9 Å². The van der Waals surface area contributed by atoms with E-state index in [0.29, 0.717) is 11.8 Å².